The van der Waals surface area contributed by atoms with E-state index >= 15 is 0 Å². The second-order valence-electron chi connectivity index (χ2n) is 4.69. The van der Waals surface area contributed by atoms with Crippen LogP contribution >= 0.6 is 0 Å². The molecule has 1 atom stereocenters. The topological polar surface area (TPSA) is 19.4 Å². The van der Waals surface area contributed by atoms with Crippen molar-refractivity contribution >= 4 is 5.82 Å². The van der Waals surface area contributed by atoms with Gasteiger partial charge in [-0.15, -0.1) is 0 Å². The number of aromatic nitrogens is 1. The van der Waals surface area contributed by atoms with Gasteiger partial charge in [0.1, 0.15) is 5.82 Å². The minimum atomic E-state index is 0.616. The summed E-state index contributed by atoms with van der Waals surface area (Å²) in [6, 6.07) is 4.93. The molecule has 0 amide bonds. The summed E-state index contributed by atoms with van der Waals surface area (Å²) in [6.07, 6.45) is 4.29. The van der Waals surface area contributed by atoms with Gasteiger partial charge in [-0.25, -0.2) is 4.98 Å². The van der Waals surface area contributed by atoms with Crippen LogP contribution in [0, 0.1) is 0 Å². The van der Waals surface area contributed by atoms with Crippen molar-refractivity contribution in [2.24, 2.45) is 0 Å². The Labute approximate surface area is 98.1 Å². The lowest BCUT2D eigenvalue weighted by atomic mass is 10.2. The van der Waals surface area contributed by atoms with Crippen molar-refractivity contribution in [3.05, 3.63) is 23.9 Å². The fourth-order valence-corrected chi connectivity index (χ4v) is 2.25. The van der Waals surface area contributed by atoms with Crippen LogP contribution in [0.15, 0.2) is 18.3 Å². The molecule has 0 saturated carbocycles. The van der Waals surface area contributed by atoms with Gasteiger partial charge in [-0.05, 0) is 38.1 Å². The molecule has 0 bridgehead atoms. The van der Waals surface area contributed by atoms with Crippen LogP contribution in [0.25, 0.3) is 0 Å². The minimum absolute atomic E-state index is 0.616. The van der Waals surface area contributed by atoms with Gasteiger partial charge in [0.2, 0.25) is 0 Å². The molecule has 0 N–H and O–H groups in total. The van der Waals surface area contributed by atoms with E-state index in [9.17, 15) is 0 Å². The average Bonchev–Trinajstić information content (AvgIpc) is 2.75. The normalized spacial score (nSPS) is 21.3. The summed E-state index contributed by atoms with van der Waals surface area (Å²) in [5.41, 5.74) is 1.31. The lowest BCUT2D eigenvalue weighted by Gasteiger charge is -2.25. The molecule has 1 unspecified atom stereocenters. The number of nitrogens with zero attached hydrogens (tertiary/aromatic N) is 3. The fourth-order valence-electron chi connectivity index (χ4n) is 2.25. The minimum Gasteiger partial charge on any atom is -0.355 e. The van der Waals surface area contributed by atoms with Crippen LogP contribution in [0.3, 0.4) is 0 Å². The Kier molecular flexibility index (Phi) is 3.44. The number of rotatable bonds is 3. The Balaban J connectivity index is 2.05. The lowest BCUT2D eigenvalue weighted by Crippen LogP contribution is -2.34. The zero-order valence-corrected chi connectivity index (χ0v) is 10.5. The van der Waals surface area contributed by atoms with E-state index < -0.39 is 0 Å². The zero-order chi connectivity index (χ0) is 11.5. The third kappa shape index (κ3) is 2.35. The first-order chi connectivity index (χ1) is 7.70. The Morgan fingerprint density at radius 1 is 1.50 bits per heavy atom. The number of hydrogen-bond acceptors (Lipinski definition) is 3. The molecule has 1 aliphatic rings. The molecular formula is C13H21N3. The molecule has 3 heteroatoms. The van der Waals surface area contributed by atoms with Crippen molar-refractivity contribution in [1.29, 1.82) is 0 Å². The highest BCUT2D eigenvalue weighted by Crippen LogP contribution is 2.18. The second kappa shape index (κ2) is 4.83. The first-order valence-electron chi connectivity index (χ1n) is 6.07. The molecule has 0 radical (unpaired) electrons. The molecule has 88 valence electrons. The molecule has 16 heavy (non-hydrogen) atoms. The van der Waals surface area contributed by atoms with Crippen LogP contribution in [-0.4, -0.2) is 43.1 Å². The van der Waals surface area contributed by atoms with Crippen molar-refractivity contribution in [3.8, 4) is 0 Å². The number of aryl methyl sites for hydroxylation is 1. The summed E-state index contributed by atoms with van der Waals surface area (Å²) >= 11 is 0. The highest BCUT2D eigenvalue weighted by atomic mass is 15.3. The molecule has 1 aromatic heterocycles. The predicted octanol–water partition coefficient (Wildman–Crippen LogP) is 1.78. The maximum atomic E-state index is 4.53. The van der Waals surface area contributed by atoms with Gasteiger partial charge in [-0.1, -0.05) is 13.0 Å². The second-order valence-corrected chi connectivity index (χ2v) is 4.69. The van der Waals surface area contributed by atoms with Gasteiger partial charge in [0.25, 0.3) is 0 Å². The quantitative estimate of drug-likeness (QED) is 0.772. The summed E-state index contributed by atoms with van der Waals surface area (Å²) in [7, 11) is 4.33. The Morgan fingerprint density at radius 2 is 2.31 bits per heavy atom. The van der Waals surface area contributed by atoms with Crippen LogP contribution in [0.2, 0.25) is 0 Å². The SMILES string of the molecule is CCc1ccc(N(C)C2CCN(C)C2)nc1. The van der Waals surface area contributed by atoms with Gasteiger partial charge in [0, 0.05) is 25.8 Å². The van der Waals surface area contributed by atoms with Gasteiger partial charge < -0.3 is 9.80 Å². The third-order valence-electron chi connectivity index (χ3n) is 3.49. The maximum Gasteiger partial charge on any atom is 0.128 e. The summed E-state index contributed by atoms with van der Waals surface area (Å²) in [5, 5.41) is 0. The molecule has 2 rings (SSSR count). The fraction of sp³-hybridized carbons (Fsp3) is 0.615. The highest BCUT2D eigenvalue weighted by Gasteiger charge is 2.23. The average molecular weight is 219 g/mol. The Bertz CT molecular complexity index is 334. The van der Waals surface area contributed by atoms with Crippen molar-refractivity contribution < 1.29 is 0 Å². The maximum absolute atomic E-state index is 4.53. The van der Waals surface area contributed by atoms with Crippen molar-refractivity contribution in [3.63, 3.8) is 0 Å². The molecular weight excluding hydrogens is 198 g/mol. The number of anilines is 1. The molecule has 3 nitrogen and oxygen atoms in total. The first kappa shape index (κ1) is 11.4. The smallest absolute Gasteiger partial charge is 0.128 e. The van der Waals surface area contributed by atoms with Crippen molar-refractivity contribution in [1.82, 2.24) is 9.88 Å². The van der Waals surface area contributed by atoms with Crippen LogP contribution in [0.1, 0.15) is 18.9 Å². The van der Waals surface area contributed by atoms with Crippen LogP contribution in [-0.2, 0) is 6.42 Å². The van der Waals surface area contributed by atoms with Crippen molar-refractivity contribution in [2.75, 3.05) is 32.1 Å². The first-order valence-corrected chi connectivity index (χ1v) is 6.07. The van der Waals surface area contributed by atoms with E-state index in [0.29, 0.717) is 6.04 Å². The van der Waals surface area contributed by atoms with Crippen molar-refractivity contribution in [2.45, 2.75) is 25.8 Å². The molecule has 1 aromatic rings. The van der Waals surface area contributed by atoms with E-state index in [0.717, 1.165) is 18.8 Å². The van der Waals surface area contributed by atoms with E-state index in [1.807, 2.05) is 6.20 Å². The summed E-state index contributed by atoms with van der Waals surface area (Å²) in [4.78, 5) is 9.21. The van der Waals surface area contributed by atoms with Crippen LogP contribution < -0.4 is 4.90 Å². The Hall–Kier alpha value is -1.09. The van der Waals surface area contributed by atoms with Crippen LogP contribution in [0.4, 0.5) is 5.82 Å². The van der Waals surface area contributed by atoms with E-state index in [2.05, 4.69) is 47.9 Å². The molecule has 0 aromatic carbocycles. The zero-order valence-electron chi connectivity index (χ0n) is 10.5. The predicted molar refractivity (Wildman–Crippen MR) is 67.9 cm³/mol. The van der Waals surface area contributed by atoms with E-state index in [-0.39, 0.29) is 0 Å². The number of hydrogen-bond donors (Lipinski definition) is 0. The molecule has 1 fully saturated rings. The lowest BCUT2D eigenvalue weighted by molar-refractivity contribution is 0.409. The molecule has 0 aliphatic carbocycles. The van der Waals surface area contributed by atoms with E-state index in [1.54, 1.807) is 0 Å². The van der Waals surface area contributed by atoms with E-state index in [4.69, 9.17) is 0 Å². The van der Waals surface area contributed by atoms with Gasteiger partial charge in [-0.2, -0.15) is 0 Å². The summed E-state index contributed by atoms with van der Waals surface area (Å²) < 4.78 is 0. The highest BCUT2D eigenvalue weighted by molar-refractivity contribution is 5.40. The molecule has 0 spiro atoms. The number of pyridine rings is 1. The molecule has 1 saturated heterocycles. The standard InChI is InChI=1S/C13H21N3/c1-4-11-5-6-13(14-9-11)16(3)12-7-8-15(2)10-12/h5-6,9,12H,4,7-8,10H2,1-3H3. The third-order valence-corrected chi connectivity index (χ3v) is 3.49. The number of likely N-dealkylation sites (tertiary alicyclic amines) is 1. The molecule has 2 heterocycles. The van der Waals surface area contributed by atoms with Gasteiger partial charge in [-0.3, -0.25) is 0 Å². The van der Waals surface area contributed by atoms with Crippen LogP contribution in [0.5, 0.6) is 0 Å². The Morgan fingerprint density at radius 3 is 2.81 bits per heavy atom. The van der Waals surface area contributed by atoms with E-state index in [1.165, 1.54) is 18.5 Å². The molecule has 1 aliphatic heterocycles. The summed E-state index contributed by atoms with van der Waals surface area (Å²) in [5.74, 6) is 1.09. The number of likely N-dealkylation sites (N-methyl/N-ethyl adjacent to an activating group) is 2. The summed E-state index contributed by atoms with van der Waals surface area (Å²) in [6.45, 7) is 4.50. The largest absolute Gasteiger partial charge is 0.355 e. The van der Waals surface area contributed by atoms with Gasteiger partial charge in [0.05, 0.1) is 0 Å². The van der Waals surface area contributed by atoms with Gasteiger partial charge >= 0.3 is 0 Å². The monoisotopic (exact) mass is 219 g/mol. The van der Waals surface area contributed by atoms with Gasteiger partial charge in [0.15, 0.2) is 0 Å².